The topological polar surface area (TPSA) is 91.6 Å². The normalized spacial score (nSPS) is 16.6. The number of anilines is 1. The molecule has 1 aromatic carbocycles. The maximum absolute atomic E-state index is 15.8. The molecule has 0 spiro atoms. The molecular formula is C34H42FN5O4S. The van der Waals surface area contributed by atoms with Gasteiger partial charge in [-0.25, -0.2) is 9.37 Å². The zero-order chi connectivity index (χ0) is 32.2. The Morgan fingerprint density at radius 1 is 1.18 bits per heavy atom. The van der Waals surface area contributed by atoms with E-state index in [1.54, 1.807) is 13.2 Å². The summed E-state index contributed by atoms with van der Waals surface area (Å²) in [5.74, 6) is 0.488. The van der Waals surface area contributed by atoms with E-state index in [-0.39, 0.29) is 11.9 Å². The summed E-state index contributed by atoms with van der Waals surface area (Å²) in [6.45, 7) is 13.4. The molecule has 11 heteroatoms. The van der Waals surface area contributed by atoms with Gasteiger partial charge in [0.15, 0.2) is 22.4 Å². The fourth-order valence-electron chi connectivity index (χ4n) is 6.63. The number of pyridine rings is 1. The molecule has 0 aliphatic carbocycles. The predicted octanol–water partition coefficient (Wildman–Crippen LogP) is 6.90. The number of aryl methyl sites for hydroxylation is 2. The lowest BCUT2D eigenvalue weighted by Gasteiger charge is -2.30. The molecule has 45 heavy (non-hydrogen) atoms. The van der Waals surface area contributed by atoms with Gasteiger partial charge in [0.1, 0.15) is 11.8 Å². The minimum atomic E-state index is -0.890. The van der Waals surface area contributed by atoms with Gasteiger partial charge < -0.3 is 23.7 Å². The first kappa shape index (κ1) is 31.6. The van der Waals surface area contributed by atoms with Crippen LogP contribution in [-0.2, 0) is 27.7 Å². The zero-order valence-electron chi connectivity index (χ0n) is 27.4. The van der Waals surface area contributed by atoms with Crippen molar-refractivity contribution in [3.63, 3.8) is 0 Å². The van der Waals surface area contributed by atoms with Crippen molar-refractivity contribution < 1.29 is 23.4 Å². The van der Waals surface area contributed by atoms with Crippen LogP contribution in [0.1, 0.15) is 75.4 Å². The number of hydrogen-bond acceptors (Lipinski definition) is 9. The monoisotopic (exact) mass is 635 g/mol. The number of ether oxygens (including phenoxy) is 3. The van der Waals surface area contributed by atoms with Crippen molar-refractivity contribution in [2.24, 2.45) is 7.05 Å². The van der Waals surface area contributed by atoms with Crippen LogP contribution in [-0.4, -0.2) is 63.2 Å². The summed E-state index contributed by atoms with van der Waals surface area (Å²) in [6.07, 6.45) is 2.78. The molecule has 6 rings (SSSR count). The van der Waals surface area contributed by atoms with E-state index < -0.39 is 17.5 Å². The van der Waals surface area contributed by atoms with Crippen LogP contribution >= 0.6 is 11.5 Å². The lowest BCUT2D eigenvalue weighted by Crippen LogP contribution is -2.37. The highest BCUT2D eigenvalue weighted by atomic mass is 32.1. The van der Waals surface area contributed by atoms with Crippen molar-refractivity contribution in [3.8, 4) is 27.6 Å². The molecule has 0 bridgehead atoms. The second kappa shape index (κ2) is 12.1. The summed E-state index contributed by atoms with van der Waals surface area (Å²) >= 11 is 1.35. The number of aromatic nitrogens is 4. The third-order valence-corrected chi connectivity index (χ3v) is 9.63. The van der Waals surface area contributed by atoms with E-state index in [0.717, 1.165) is 71.6 Å². The van der Waals surface area contributed by atoms with Gasteiger partial charge in [-0.3, -0.25) is 4.79 Å². The summed E-state index contributed by atoms with van der Waals surface area (Å²) in [7, 11) is 3.72. The summed E-state index contributed by atoms with van der Waals surface area (Å²) < 4.78 is 40.2. The SMILES string of the molecule is COC1CCN(c2nsc(-c3cc4c(-c5cc(F)c6c(c5C)CCCO6)c([C@H](OC(C)(C)C)C(C)=O)c(C)nc4n3C)n2)CC1. The minimum absolute atomic E-state index is 0.142. The van der Waals surface area contributed by atoms with Crippen molar-refractivity contribution in [3.05, 3.63) is 40.3 Å². The Hall–Kier alpha value is -3.41. The Morgan fingerprint density at radius 3 is 2.58 bits per heavy atom. The maximum atomic E-state index is 15.8. The Morgan fingerprint density at radius 2 is 1.91 bits per heavy atom. The van der Waals surface area contributed by atoms with Crippen LogP contribution < -0.4 is 9.64 Å². The number of ketones is 1. The van der Waals surface area contributed by atoms with E-state index in [1.165, 1.54) is 18.5 Å². The fourth-order valence-corrected chi connectivity index (χ4v) is 7.37. The van der Waals surface area contributed by atoms with E-state index in [2.05, 4.69) is 4.90 Å². The lowest BCUT2D eigenvalue weighted by molar-refractivity contribution is -0.138. The van der Waals surface area contributed by atoms with Gasteiger partial charge in [-0.1, -0.05) is 0 Å². The van der Waals surface area contributed by atoms with Crippen LogP contribution in [0.2, 0.25) is 0 Å². The molecule has 1 saturated heterocycles. The average Bonchev–Trinajstić information content (AvgIpc) is 3.62. The van der Waals surface area contributed by atoms with Gasteiger partial charge in [0.25, 0.3) is 0 Å². The van der Waals surface area contributed by atoms with Crippen LogP contribution in [0.5, 0.6) is 5.75 Å². The molecule has 0 unspecified atom stereocenters. The first-order valence-electron chi connectivity index (χ1n) is 15.6. The van der Waals surface area contributed by atoms with Crippen molar-refractivity contribution in [1.82, 2.24) is 18.9 Å². The molecule has 9 nitrogen and oxygen atoms in total. The molecule has 240 valence electrons. The number of nitrogens with zero attached hydrogens (tertiary/aromatic N) is 5. The number of rotatable bonds is 7. The largest absolute Gasteiger partial charge is 0.490 e. The number of carbonyl (C=O) groups is 1. The Labute approximate surface area is 267 Å². The molecule has 2 aliphatic rings. The highest BCUT2D eigenvalue weighted by Gasteiger charge is 2.33. The van der Waals surface area contributed by atoms with Crippen LogP contribution in [0, 0.1) is 19.7 Å². The van der Waals surface area contributed by atoms with Gasteiger partial charge >= 0.3 is 0 Å². The average molecular weight is 636 g/mol. The summed E-state index contributed by atoms with van der Waals surface area (Å²) in [5, 5.41) is 1.56. The third-order valence-electron chi connectivity index (χ3n) is 8.90. The van der Waals surface area contributed by atoms with Crippen LogP contribution in [0.15, 0.2) is 12.1 Å². The zero-order valence-corrected chi connectivity index (χ0v) is 28.2. The number of Topliss-reactive ketones (excluding diaryl/α,β-unsaturated/α-hetero) is 1. The predicted molar refractivity (Wildman–Crippen MR) is 175 cm³/mol. The van der Waals surface area contributed by atoms with E-state index in [1.807, 2.05) is 52.3 Å². The van der Waals surface area contributed by atoms with Gasteiger partial charge in [0.2, 0.25) is 5.95 Å². The van der Waals surface area contributed by atoms with Crippen molar-refractivity contribution in [2.75, 3.05) is 31.7 Å². The Bertz CT molecular complexity index is 1770. The highest BCUT2D eigenvalue weighted by molar-refractivity contribution is 7.09. The molecule has 4 aromatic rings. The number of fused-ring (bicyclic) bond motifs is 2. The lowest BCUT2D eigenvalue weighted by atomic mass is 9.86. The standard InChI is InChI=1S/C34H42FN5O4S/c1-18-22-10-9-15-43-30(22)25(35)16-23(18)28-24-17-26(32-37-33(38-45-32)40-13-11-21(42-8)12-14-40)39(7)31(24)36-19(2)27(28)29(20(3)41)44-34(4,5)6/h16-17,21,29H,9-15H2,1-8H3/t29-/m1/s1. The van der Waals surface area contributed by atoms with Crippen LogP contribution in [0.3, 0.4) is 0 Å². The number of benzene rings is 1. The molecule has 1 fully saturated rings. The molecular weight excluding hydrogens is 593 g/mol. The molecule has 1 atom stereocenters. The Kier molecular flexibility index (Phi) is 8.47. The third kappa shape index (κ3) is 5.86. The van der Waals surface area contributed by atoms with Crippen molar-refractivity contribution >= 4 is 34.3 Å². The van der Waals surface area contributed by atoms with E-state index in [4.69, 9.17) is 28.6 Å². The van der Waals surface area contributed by atoms with Crippen molar-refractivity contribution in [2.45, 2.75) is 85.0 Å². The fraction of sp³-hybridized carbons (Fsp3) is 0.529. The molecule has 0 amide bonds. The van der Waals surface area contributed by atoms with Gasteiger partial charge in [-0.2, -0.15) is 9.36 Å². The summed E-state index contributed by atoms with van der Waals surface area (Å²) in [5.41, 5.74) is 5.52. The first-order valence-corrected chi connectivity index (χ1v) is 16.4. The second-order valence-corrected chi connectivity index (χ2v) is 13.9. The minimum Gasteiger partial charge on any atom is -0.490 e. The quantitative estimate of drug-likeness (QED) is 0.217. The van der Waals surface area contributed by atoms with Gasteiger partial charge in [0.05, 0.1) is 24.0 Å². The molecule has 0 saturated carbocycles. The van der Waals surface area contributed by atoms with E-state index in [9.17, 15) is 4.79 Å². The van der Waals surface area contributed by atoms with E-state index >= 15 is 4.39 Å². The molecule has 2 aliphatic heterocycles. The molecule has 3 aromatic heterocycles. The van der Waals surface area contributed by atoms with E-state index in [0.29, 0.717) is 40.8 Å². The Balaban J connectivity index is 1.57. The molecule has 5 heterocycles. The summed E-state index contributed by atoms with van der Waals surface area (Å²) in [6, 6.07) is 3.59. The van der Waals surface area contributed by atoms with Gasteiger partial charge in [0, 0.05) is 55.0 Å². The summed E-state index contributed by atoms with van der Waals surface area (Å²) in [4.78, 5) is 25.5. The molecule has 0 N–H and O–H groups in total. The number of carbonyl (C=O) groups excluding carboxylic acids is 1. The second-order valence-electron chi connectivity index (χ2n) is 13.1. The van der Waals surface area contributed by atoms with Gasteiger partial charge in [-0.05, 0) is 102 Å². The molecule has 0 radical (unpaired) electrons. The maximum Gasteiger partial charge on any atom is 0.237 e. The number of halogens is 1. The highest BCUT2D eigenvalue weighted by Crippen LogP contribution is 2.46. The number of hydrogen-bond donors (Lipinski definition) is 0. The van der Waals surface area contributed by atoms with Gasteiger partial charge in [-0.15, -0.1) is 0 Å². The smallest absolute Gasteiger partial charge is 0.237 e. The number of piperidine rings is 1. The van der Waals surface area contributed by atoms with Crippen LogP contribution in [0.25, 0.3) is 32.9 Å². The first-order chi connectivity index (χ1) is 21.4. The number of methoxy groups -OCH3 is 1. The van der Waals surface area contributed by atoms with Crippen LogP contribution in [0.4, 0.5) is 10.3 Å². The van der Waals surface area contributed by atoms with Crippen molar-refractivity contribution in [1.29, 1.82) is 0 Å².